The Morgan fingerprint density at radius 1 is 1.27 bits per heavy atom. The highest BCUT2D eigenvalue weighted by atomic mass is 32.2. The third-order valence-electron chi connectivity index (χ3n) is 5.03. The molecule has 1 fully saturated rings. The SMILES string of the molecule is CSc1nc(C)c(CCC(=O)N2CC[NH+](Cc3ccsc3)CC2)c(C)n1. The van der Waals surface area contributed by atoms with Gasteiger partial charge < -0.3 is 9.80 Å². The van der Waals surface area contributed by atoms with Crippen molar-refractivity contribution in [3.8, 4) is 0 Å². The molecule has 1 aliphatic rings. The summed E-state index contributed by atoms with van der Waals surface area (Å²) in [6.07, 6.45) is 3.26. The monoisotopic (exact) mass is 391 g/mol. The average Bonchev–Trinajstić information content (AvgIpc) is 3.14. The molecule has 1 aliphatic heterocycles. The highest BCUT2D eigenvalue weighted by Crippen LogP contribution is 2.17. The summed E-state index contributed by atoms with van der Waals surface area (Å²) in [6, 6.07) is 2.20. The molecule has 0 bridgehead atoms. The fourth-order valence-electron chi connectivity index (χ4n) is 3.48. The number of piperazine rings is 1. The number of carbonyl (C=O) groups is 1. The summed E-state index contributed by atoms with van der Waals surface area (Å²) < 4.78 is 0. The van der Waals surface area contributed by atoms with E-state index in [2.05, 4.69) is 26.8 Å². The van der Waals surface area contributed by atoms with E-state index in [0.29, 0.717) is 6.42 Å². The van der Waals surface area contributed by atoms with Gasteiger partial charge in [0.25, 0.3) is 0 Å². The fraction of sp³-hybridized carbons (Fsp3) is 0.526. The van der Waals surface area contributed by atoms with Crippen molar-refractivity contribution in [3.63, 3.8) is 0 Å². The topological polar surface area (TPSA) is 50.5 Å². The van der Waals surface area contributed by atoms with Gasteiger partial charge in [0.1, 0.15) is 6.54 Å². The van der Waals surface area contributed by atoms with Crippen molar-refractivity contribution >= 4 is 29.0 Å². The molecule has 2 aromatic heterocycles. The number of aryl methyl sites for hydroxylation is 2. The number of nitrogens with one attached hydrogen (secondary N) is 1. The van der Waals surface area contributed by atoms with Gasteiger partial charge in [0.15, 0.2) is 5.16 Å². The van der Waals surface area contributed by atoms with E-state index in [1.807, 2.05) is 25.0 Å². The van der Waals surface area contributed by atoms with Crippen molar-refractivity contribution in [1.29, 1.82) is 0 Å². The molecular formula is C19H27N4OS2+. The molecule has 0 unspecified atom stereocenters. The number of amides is 1. The van der Waals surface area contributed by atoms with E-state index in [1.165, 1.54) is 5.56 Å². The summed E-state index contributed by atoms with van der Waals surface area (Å²) in [6.45, 7) is 8.89. The van der Waals surface area contributed by atoms with Crippen LogP contribution in [0.4, 0.5) is 0 Å². The number of carbonyl (C=O) groups excluding carboxylic acids is 1. The molecule has 1 amide bonds. The Morgan fingerprint density at radius 3 is 2.54 bits per heavy atom. The molecule has 5 nitrogen and oxygen atoms in total. The Kier molecular flexibility index (Phi) is 6.67. The maximum atomic E-state index is 12.6. The molecule has 0 saturated carbocycles. The van der Waals surface area contributed by atoms with Crippen LogP contribution < -0.4 is 4.90 Å². The number of thiophene rings is 1. The third kappa shape index (κ3) is 4.84. The molecule has 7 heteroatoms. The zero-order chi connectivity index (χ0) is 18.5. The standard InChI is InChI=1S/C19H26N4OS2/c1-14-17(15(2)21-19(20-14)25-3)4-5-18(24)23-9-7-22(8-10-23)12-16-6-11-26-13-16/h6,11,13H,4-5,7-10,12H2,1-3H3/p+1. The Morgan fingerprint density at radius 2 is 1.96 bits per heavy atom. The van der Waals surface area contributed by atoms with Crippen LogP contribution in [-0.4, -0.2) is 53.2 Å². The molecule has 0 spiro atoms. The summed E-state index contributed by atoms with van der Waals surface area (Å²) in [5.41, 5.74) is 4.53. The lowest BCUT2D eigenvalue weighted by atomic mass is 10.1. The Hall–Kier alpha value is -1.44. The number of aromatic nitrogens is 2. The molecule has 0 aromatic carbocycles. The van der Waals surface area contributed by atoms with Crippen molar-refractivity contribution in [2.75, 3.05) is 32.4 Å². The van der Waals surface area contributed by atoms with Gasteiger partial charge in [-0.2, -0.15) is 11.3 Å². The second-order valence-corrected chi connectivity index (χ2v) is 8.35. The van der Waals surface area contributed by atoms with Crippen LogP contribution in [0.15, 0.2) is 22.0 Å². The minimum atomic E-state index is 0.257. The molecule has 3 heterocycles. The average molecular weight is 392 g/mol. The highest BCUT2D eigenvalue weighted by molar-refractivity contribution is 7.98. The van der Waals surface area contributed by atoms with E-state index in [0.717, 1.165) is 61.3 Å². The van der Waals surface area contributed by atoms with E-state index in [9.17, 15) is 4.79 Å². The molecule has 0 atom stereocenters. The third-order valence-corrected chi connectivity index (χ3v) is 6.31. The lowest BCUT2D eigenvalue weighted by molar-refractivity contribution is -0.917. The number of quaternary nitrogens is 1. The lowest BCUT2D eigenvalue weighted by Gasteiger charge is -2.32. The van der Waals surface area contributed by atoms with E-state index in [-0.39, 0.29) is 5.91 Å². The van der Waals surface area contributed by atoms with Crippen molar-refractivity contribution in [2.45, 2.75) is 38.4 Å². The van der Waals surface area contributed by atoms with E-state index >= 15 is 0 Å². The molecular weight excluding hydrogens is 364 g/mol. The summed E-state index contributed by atoms with van der Waals surface area (Å²) in [5.74, 6) is 0.257. The van der Waals surface area contributed by atoms with Crippen LogP contribution in [0.2, 0.25) is 0 Å². The zero-order valence-corrected chi connectivity index (χ0v) is 17.4. The quantitative estimate of drug-likeness (QED) is 0.602. The molecule has 1 N–H and O–H groups in total. The van der Waals surface area contributed by atoms with Crippen LogP contribution >= 0.6 is 23.1 Å². The van der Waals surface area contributed by atoms with Crippen LogP contribution in [0.5, 0.6) is 0 Å². The van der Waals surface area contributed by atoms with E-state index in [4.69, 9.17) is 0 Å². The summed E-state index contributed by atoms with van der Waals surface area (Å²) in [5, 5.41) is 5.16. The van der Waals surface area contributed by atoms with Gasteiger partial charge in [0.2, 0.25) is 5.91 Å². The van der Waals surface area contributed by atoms with Gasteiger partial charge in [0.05, 0.1) is 26.2 Å². The van der Waals surface area contributed by atoms with Crippen LogP contribution in [-0.2, 0) is 17.8 Å². The minimum Gasteiger partial charge on any atom is -0.331 e. The van der Waals surface area contributed by atoms with Crippen molar-refractivity contribution in [3.05, 3.63) is 39.3 Å². The van der Waals surface area contributed by atoms with Gasteiger partial charge in [-0.1, -0.05) is 11.8 Å². The van der Waals surface area contributed by atoms with Gasteiger partial charge in [0, 0.05) is 23.4 Å². The summed E-state index contributed by atoms with van der Waals surface area (Å²) in [4.78, 5) is 25.2. The van der Waals surface area contributed by atoms with Gasteiger partial charge in [-0.05, 0) is 48.9 Å². The molecule has 140 valence electrons. The largest absolute Gasteiger partial charge is 0.331 e. The van der Waals surface area contributed by atoms with Crippen molar-refractivity contribution < 1.29 is 9.69 Å². The van der Waals surface area contributed by atoms with Crippen molar-refractivity contribution in [2.24, 2.45) is 0 Å². The number of nitrogens with zero attached hydrogens (tertiary/aromatic N) is 3. The maximum absolute atomic E-state index is 12.6. The Bertz CT molecular complexity index is 717. The highest BCUT2D eigenvalue weighted by Gasteiger charge is 2.24. The predicted molar refractivity (Wildman–Crippen MR) is 107 cm³/mol. The fourth-order valence-corrected chi connectivity index (χ4v) is 4.61. The van der Waals surface area contributed by atoms with E-state index in [1.54, 1.807) is 28.0 Å². The smallest absolute Gasteiger partial charge is 0.223 e. The number of hydrogen-bond acceptors (Lipinski definition) is 5. The first kappa shape index (κ1) is 19.3. The first-order valence-electron chi connectivity index (χ1n) is 9.07. The molecule has 26 heavy (non-hydrogen) atoms. The Labute approximate surface area is 163 Å². The molecule has 1 saturated heterocycles. The number of thioether (sulfide) groups is 1. The molecule has 0 aliphatic carbocycles. The normalized spacial score (nSPS) is 15.4. The first-order chi connectivity index (χ1) is 12.6. The van der Waals surface area contributed by atoms with Crippen molar-refractivity contribution in [1.82, 2.24) is 14.9 Å². The summed E-state index contributed by atoms with van der Waals surface area (Å²) >= 11 is 3.31. The van der Waals surface area contributed by atoms with Gasteiger partial charge in [-0.25, -0.2) is 9.97 Å². The van der Waals surface area contributed by atoms with Crippen LogP contribution in [0.1, 0.15) is 28.9 Å². The maximum Gasteiger partial charge on any atom is 0.223 e. The van der Waals surface area contributed by atoms with Gasteiger partial charge in [-0.15, -0.1) is 0 Å². The summed E-state index contributed by atoms with van der Waals surface area (Å²) in [7, 11) is 0. The van der Waals surface area contributed by atoms with Gasteiger partial charge >= 0.3 is 0 Å². The number of rotatable bonds is 6. The zero-order valence-electron chi connectivity index (χ0n) is 15.7. The van der Waals surface area contributed by atoms with Crippen LogP contribution in [0, 0.1) is 13.8 Å². The van der Waals surface area contributed by atoms with Crippen LogP contribution in [0.3, 0.4) is 0 Å². The second-order valence-electron chi connectivity index (χ2n) is 6.80. The molecule has 0 radical (unpaired) electrons. The second kappa shape index (κ2) is 8.97. The van der Waals surface area contributed by atoms with E-state index < -0.39 is 0 Å². The van der Waals surface area contributed by atoms with Gasteiger partial charge in [-0.3, -0.25) is 4.79 Å². The molecule has 3 rings (SSSR count). The minimum absolute atomic E-state index is 0.257. The molecule has 2 aromatic rings. The first-order valence-corrected chi connectivity index (χ1v) is 11.2. The number of hydrogen-bond donors (Lipinski definition) is 1. The predicted octanol–water partition coefficient (Wildman–Crippen LogP) is 1.74. The van der Waals surface area contributed by atoms with Crippen LogP contribution in [0.25, 0.3) is 0 Å². The lowest BCUT2D eigenvalue weighted by Crippen LogP contribution is -3.13. The Balaban J connectivity index is 1.49.